The number of aromatic nitrogens is 4. The Labute approximate surface area is 189 Å². The number of hydrogen-bond acceptors (Lipinski definition) is 8. The van der Waals surface area contributed by atoms with Gasteiger partial charge in [-0.15, -0.1) is 0 Å². The van der Waals surface area contributed by atoms with Crippen LogP contribution in [-0.4, -0.2) is 49.0 Å². The first-order chi connectivity index (χ1) is 16.0. The fraction of sp³-hybridized carbons (Fsp3) is 0.182. The molecule has 6 N–H and O–H groups in total. The van der Waals surface area contributed by atoms with E-state index in [4.69, 9.17) is 15.7 Å². The van der Waals surface area contributed by atoms with Gasteiger partial charge in [-0.25, -0.2) is 15.0 Å². The second-order valence-electron chi connectivity index (χ2n) is 7.84. The summed E-state index contributed by atoms with van der Waals surface area (Å²) in [6.07, 6.45) is 4.15. The third kappa shape index (κ3) is 4.04. The van der Waals surface area contributed by atoms with E-state index in [1.807, 2.05) is 6.07 Å². The summed E-state index contributed by atoms with van der Waals surface area (Å²) in [4.78, 5) is 25.8. The summed E-state index contributed by atoms with van der Waals surface area (Å²) >= 11 is 0. The number of hydrogen-bond donors (Lipinski definition) is 5. The number of nitrogens with zero attached hydrogens (tertiary/aromatic N) is 4. The quantitative estimate of drug-likeness (QED) is 0.258. The van der Waals surface area contributed by atoms with Gasteiger partial charge in [0.2, 0.25) is 0 Å². The van der Waals surface area contributed by atoms with Gasteiger partial charge >= 0.3 is 7.12 Å². The van der Waals surface area contributed by atoms with Crippen LogP contribution in [0.2, 0.25) is 0 Å². The molecule has 0 saturated heterocycles. The van der Waals surface area contributed by atoms with Crippen molar-refractivity contribution in [1.82, 2.24) is 24.7 Å². The van der Waals surface area contributed by atoms with Gasteiger partial charge in [0.25, 0.3) is 5.91 Å². The number of primary amides is 1. The summed E-state index contributed by atoms with van der Waals surface area (Å²) in [5, 5.41) is 25.6. The van der Waals surface area contributed by atoms with Crippen LogP contribution in [0.15, 0.2) is 48.8 Å². The van der Waals surface area contributed by atoms with Crippen LogP contribution >= 0.6 is 0 Å². The zero-order chi connectivity index (χ0) is 22.9. The number of amides is 1. The molecular weight excluding hydrogens is 421 g/mol. The standard InChI is InChI=1S/C22H22BN7O3/c24-19(31)15-5-2-8-30-18(15)12-27-22(30)21-28-17-6-7-25-11-16(17)20(29-21)26-10-13-3-1-4-14(9-13)23(32)33/h1-5,8-9,12,25,32-33H,6-7,10-11H2,(H2,24,31)(H,26,28,29). The lowest BCUT2D eigenvalue weighted by Crippen LogP contribution is -2.30. The van der Waals surface area contributed by atoms with Crippen molar-refractivity contribution in [2.75, 3.05) is 11.9 Å². The van der Waals surface area contributed by atoms with Crippen LogP contribution in [0.3, 0.4) is 0 Å². The van der Waals surface area contributed by atoms with E-state index in [0.717, 1.165) is 29.8 Å². The molecule has 0 fully saturated rings. The van der Waals surface area contributed by atoms with E-state index in [1.165, 1.54) is 0 Å². The highest BCUT2D eigenvalue weighted by Crippen LogP contribution is 2.26. The number of pyridine rings is 1. The molecule has 33 heavy (non-hydrogen) atoms. The van der Waals surface area contributed by atoms with Crippen LogP contribution in [0.25, 0.3) is 17.2 Å². The average Bonchev–Trinajstić information content (AvgIpc) is 3.26. The topological polar surface area (TPSA) is 151 Å². The lowest BCUT2D eigenvalue weighted by molar-refractivity contribution is 0.100. The molecule has 0 aliphatic carbocycles. The number of carbonyl (C=O) groups excluding carboxylic acids is 1. The molecule has 1 aromatic carbocycles. The summed E-state index contributed by atoms with van der Waals surface area (Å²) in [6, 6.07) is 10.5. The summed E-state index contributed by atoms with van der Waals surface area (Å²) in [7, 11) is -1.52. The van der Waals surface area contributed by atoms with Crippen molar-refractivity contribution in [3.05, 3.63) is 71.2 Å². The smallest absolute Gasteiger partial charge is 0.423 e. The Morgan fingerprint density at radius 3 is 2.94 bits per heavy atom. The Kier molecular flexibility index (Phi) is 5.51. The third-order valence-electron chi connectivity index (χ3n) is 5.68. The molecule has 0 radical (unpaired) electrons. The Morgan fingerprint density at radius 1 is 1.24 bits per heavy atom. The van der Waals surface area contributed by atoms with Crippen molar-refractivity contribution in [3.8, 4) is 11.6 Å². The number of anilines is 1. The van der Waals surface area contributed by atoms with Crippen molar-refractivity contribution in [1.29, 1.82) is 0 Å². The van der Waals surface area contributed by atoms with Crippen LogP contribution in [0.1, 0.15) is 27.2 Å². The molecule has 0 saturated carbocycles. The lowest BCUT2D eigenvalue weighted by atomic mass is 9.79. The average molecular weight is 443 g/mol. The van der Waals surface area contributed by atoms with Crippen molar-refractivity contribution in [2.45, 2.75) is 19.5 Å². The second-order valence-corrected chi connectivity index (χ2v) is 7.84. The minimum Gasteiger partial charge on any atom is -0.423 e. The number of fused-ring (bicyclic) bond motifs is 2. The van der Waals surface area contributed by atoms with Crippen LogP contribution < -0.4 is 21.8 Å². The maximum absolute atomic E-state index is 11.8. The third-order valence-corrected chi connectivity index (χ3v) is 5.68. The molecule has 10 nitrogen and oxygen atoms in total. The highest BCUT2D eigenvalue weighted by atomic mass is 16.4. The first-order valence-corrected chi connectivity index (χ1v) is 10.6. The van der Waals surface area contributed by atoms with Crippen molar-refractivity contribution in [3.63, 3.8) is 0 Å². The minimum absolute atomic E-state index is 0.378. The van der Waals surface area contributed by atoms with Gasteiger partial charge in [0.1, 0.15) is 5.82 Å². The molecule has 166 valence electrons. The van der Waals surface area contributed by atoms with Crippen LogP contribution in [0.5, 0.6) is 0 Å². The van der Waals surface area contributed by atoms with Gasteiger partial charge in [-0.1, -0.05) is 24.3 Å². The maximum atomic E-state index is 11.8. The van der Waals surface area contributed by atoms with Crippen molar-refractivity contribution >= 4 is 29.8 Å². The molecule has 4 heterocycles. The highest BCUT2D eigenvalue weighted by Gasteiger charge is 2.21. The monoisotopic (exact) mass is 443 g/mol. The highest BCUT2D eigenvalue weighted by molar-refractivity contribution is 6.58. The Hall–Kier alpha value is -3.80. The fourth-order valence-corrected chi connectivity index (χ4v) is 4.03. The number of carbonyl (C=O) groups is 1. The second kappa shape index (κ2) is 8.62. The van der Waals surface area contributed by atoms with Crippen molar-refractivity contribution < 1.29 is 14.8 Å². The summed E-state index contributed by atoms with van der Waals surface area (Å²) in [6.45, 7) is 1.90. The molecule has 4 aromatic rings. The van der Waals surface area contributed by atoms with Gasteiger partial charge in [-0.2, -0.15) is 0 Å². The van der Waals surface area contributed by atoms with E-state index < -0.39 is 13.0 Å². The van der Waals surface area contributed by atoms with Gasteiger partial charge in [0, 0.05) is 37.8 Å². The molecule has 0 bridgehead atoms. The van der Waals surface area contributed by atoms with Gasteiger partial charge < -0.3 is 26.4 Å². The van der Waals surface area contributed by atoms with Gasteiger partial charge in [0.15, 0.2) is 11.6 Å². The van der Waals surface area contributed by atoms with E-state index in [1.54, 1.807) is 47.1 Å². The number of imidazole rings is 1. The number of rotatable bonds is 6. The number of nitrogens with two attached hydrogens (primary N) is 1. The zero-order valence-corrected chi connectivity index (χ0v) is 17.7. The predicted molar refractivity (Wildman–Crippen MR) is 124 cm³/mol. The minimum atomic E-state index is -1.52. The lowest BCUT2D eigenvalue weighted by Gasteiger charge is -2.20. The molecule has 1 aliphatic rings. The van der Waals surface area contributed by atoms with E-state index >= 15 is 0 Å². The molecule has 0 atom stereocenters. The van der Waals surface area contributed by atoms with Crippen LogP contribution in [0.4, 0.5) is 5.82 Å². The molecule has 3 aromatic heterocycles. The molecule has 11 heteroatoms. The normalized spacial score (nSPS) is 13.0. The number of benzene rings is 1. The summed E-state index contributed by atoms with van der Waals surface area (Å²) in [5.41, 5.74) is 9.71. The van der Waals surface area contributed by atoms with E-state index in [2.05, 4.69) is 15.6 Å². The van der Waals surface area contributed by atoms with Crippen LogP contribution in [0, 0.1) is 0 Å². The van der Waals surface area contributed by atoms with Crippen molar-refractivity contribution in [2.24, 2.45) is 5.73 Å². The van der Waals surface area contributed by atoms with E-state index in [9.17, 15) is 14.8 Å². The molecule has 1 aliphatic heterocycles. The number of nitrogens with one attached hydrogen (secondary N) is 2. The van der Waals surface area contributed by atoms with E-state index in [0.29, 0.717) is 47.1 Å². The summed E-state index contributed by atoms with van der Waals surface area (Å²) in [5.74, 6) is 1.12. The molecule has 0 unspecified atom stereocenters. The maximum Gasteiger partial charge on any atom is 0.488 e. The Morgan fingerprint density at radius 2 is 2.12 bits per heavy atom. The van der Waals surface area contributed by atoms with Gasteiger partial charge in [-0.05, 0) is 23.2 Å². The molecular formula is C22H22BN7O3. The SMILES string of the molecule is NC(=O)c1cccn2c(-c3nc4c(c(NCc5cccc(B(O)O)c5)n3)CNCC4)ncc12. The summed E-state index contributed by atoms with van der Waals surface area (Å²) < 4.78 is 1.76. The Bertz CT molecular complexity index is 1360. The fourth-order valence-electron chi connectivity index (χ4n) is 4.03. The van der Waals surface area contributed by atoms with Crippen LogP contribution in [-0.2, 0) is 19.5 Å². The van der Waals surface area contributed by atoms with Gasteiger partial charge in [0.05, 0.1) is 23.0 Å². The Balaban J connectivity index is 1.54. The van der Waals surface area contributed by atoms with E-state index in [-0.39, 0.29) is 0 Å². The molecule has 5 rings (SSSR count). The van der Waals surface area contributed by atoms with Gasteiger partial charge in [-0.3, -0.25) is 9.20 Å². The first kappa shape index (κ1) is 21.1. The zero-order valence-electron chi connectivity index (χ0n) is 17.7. The predicted octanol–water partition coefficient (Wildman–Crippen LogP) is -0.172. The molecule has 1 amide bonds. The first-order valence-electron chi connectivity index (χ1n) is 10.6. The molecule has 0 spiro atoms. The largest absolute Gasteiger partial charge is 0.488 e.